The van der Waals surface area contributed by atoms with Gasteiger partial charge >= 0.3 is 6.03 Å². The van der Waals surface area contributed by atoms with Crippen molar-refractivity contribution in [2.24, 2.45) is 0 Å². The summed E-state index contributed by atoms with van der Waals surface area (Å²) in [5.74, 6) is -0.348. The molecule has 1 atom stereocenters. The zero-order chi connectivity index (χ0) is 24.2. The van der Waals surface area contributed by atoms with Crippen LogP contribution in [0.5, 0.6) is 0 Å². The highest BCUT2D eigenvalue weighted by molar-refractivity contribution is 7.85. The molecule has 33 heavy (non-hydrogen) atoms. The molecule has 0 aliphatic carbocycles. The average molecular weight is 513 g/mol. The van der Waals surface area contributed by atoms with E-state index in [1.54, 1.807) is 9.80 Å². The first-order chi connectivity index (χ1) is 15.9. The summed E-state index contributed by atoms with van der Waals surface area (Å²) < 4.78 is 5.49. The predicted molar refractivity (Wildman–Crippen MR) is 139 cm³/mol. The van der Waals surface area contributed by atoms with E-state index in [1.165, 1.54) is 23.2 Å². The number of rotatable bonds is 12. The molecule has 0 bridgehead atoms. The molecular weight excluding hydrogens is 484 g/mol. The van der Waals surface area contributed by atoms with E-state index in [4.69, 9.17) is 33.7 Å². The van der Waals surface area contributed by atoms with Gasteiger partial charge < -0.3 is 25.0 Å². The van der Waals surface area contributed by atoms with Crippen LogP contribution in [-0.4, -0.2) is 80.0 Å². The lowest BCUT2D eigenvalue weighted by Gasteiger charge is -2.35. The molecule has 1 heterocycles. The Bertz CT molecular complexity index is 864. The molecule has 1 aromatic rings. The van der Waals surface area contributed by atoms with Gasteiger partial charge in [-0.25, -0.2) is 4.79 Å². The van der Waals surface area contributed by atoms with Gasteiger partial charge in [0.15, 0.2) is 0 Å². The molecule has 1 saturated heterocycles. The van der Waals surface area contributed by atoms with E-state index < -0.39 is 0 Å². The number of carbonyl (C=O) groups is 2. The summed E-state index contributed by atoms with van der Waals surface area (Å²) in [4.78, 5) is 30.3. The number of hydrogen-bond donors (Lipinski definition) is 3. The highest BCUT2D eigenvalue weighted by Crippen LogP contribution is 2.23. The van der Waals surface area contributed by atoms with E-state index in [9.17, 15) is 9.59 Å². The molecule has 1 fully saturated rings. The molecule has 2 N–H and O–H groups in total. The number of thiocarbonyl (C=S) groups is 1. The minimum atomic E-state index is -0.378. The number of benzene rings is 1. The number of urea groups is 1. The lowest BCUT2D eigenvalue weighted by molar-refractivity contribution is -0.117. The number of anilines is 2. The van der Waals surface area contributed by atoms with Crippen LogP contribution in [0.3, 0.4) is 0 Å². The highest BCUT2D eigenvalue weighted by atomic mass is 35.5. The molecule has 1 aromatic carbocycles. The van der Waals surface area contributed by atoms with Crippen LogP contribution in [-0.2, 0) is 9.53 Å². The summed E-state index contributed by atoms with van der Waals surface area (Å²) in [6, 6.07) is 7.54. The monoisotopic (exact) mass is 512 g/mol. The zero-order valence-electron chi connectivity index (χ0n) is 18.4. The Morgan fingerprint density at radius 3 is 2.76 bits per heavy atom. The quantitative estimate of drug-likeness (QED) is 0.173. The first kappa shape index (κ1) is 27.0. The van der Waals surface area contributed by atoms with Gasteiger partial charge in [0.2, 0.25) is 0 Å². The second-order valence-corrected chi connectivity index (χ2v) is 8.26. The third-order valence-corrected chi connectivity index (χ3v) is 5.67. The zero-order valence-corrected chi connectivity index (χ0v) is 20.9. The molecule has 0 spiro atoms. The lowest BCUT2D eigenvalue weighted by atomic mass is 10.2. The molecule has 0 saturated carbocycles. The number of thiol groups is 1. The van der Waals surface area contributed by atoms with Gasteiger partial charge in [0.25, 0.3) is 5.91 Å². The largest absolute Gasteiger partial charge is 0.483 e. The molecule has 180 valence electrons. The fourth-order valence-corrected chi connectivity index (χ4v) is 3.78. The first-order valence-electron chi connectivity index (χ1n) is 10.4. The van der Waals surface area contributed by atoms with Gasteiger partial charge in [-0.2, -0.15) is 0 Å². The van der Waals surface area contributed by atoms with Gasteiger partial charge in [0.1, 0.15) is 11.7 Å². The number of ether oxygens (including phenoxy) is 1. The van der Waals surface area contributed by atoms with E-state index in [-0.39, 0.29) is 36.1 Å². The van der Waals surface area contributed by atoms with Crippen molar-refractivity contribution in [3.05, 3.63) is 46.9 Å². The van der Waals surface area contributed by atoms with Crippen molar-refractivity contribution in [3.63, 3.8) is 0 Å². The van der Waals surface area contributed by atoms with Crippen molar-refractivity contribution in [2.75, 3.05) is 56.2 Å². The maximum absolute atomic E-state index is 12.6. The Morgan fingerprint density at radius 1 is 1.39 bits per heavy atom. The Hall–Kier alpha value is -2.27. The van der Waals surface area contributed by atoms with Crippen LogP contribution >= 0.6 is 36.4 Å². The molecule has 11 heteroatoms. The van der Waals surface area contributed by atoms with Crippen molar-refractivity contribution in [3.8, 4) is 0 Å². The van der Waals surface area contributed by atoms with Gasteiger partial charge in [-0.1, -0.05) is 11.6 Å². The van der Waals surface area contributed by atoms with Crippen molar-refractivity contribution < 1.29 is 19.4 Å². The number of nitrogens with one attached hydrogen (secondary N) is 1. The fourth-order valence-electron chi connectivity index (χ4n) is 3.38. The van der Waals surface area contributed by atoms with Crippen LogP contribution in [0.25, 0.3) is 0 Å². The molecule has 2 rings (SSSR count). The molecule has 1 aliphatic heterocycles. The van der Waals surface area contributed by atoms with Crippen molar-refractivity contribution >= 4 is 65.3 Å². The fraction of sp³-hybridized carbons (Fsp3) is 0.409. The van der Waals surface area contributed by atoms with Crippen LogP contribution in [0.2, 0.25) is 0 Å². The van der Waals surface area contributed by atoms with Gasteiger partial charge in [-0.05, 0) is 55.1 Å². The van der Waals surface area contributed by atoms with E-state index in [0.717, 1.165) is 17.8 Å². The summed E-state index contributed by atoms with van der Waals surface area (Å²) >= 11 is 14.4. The summed E-state index contributed by atoms with van der Waals surface area (Å²) in [6.45, 7) is 2.28. The molecule has 3 amide bonds. The third kappa shape index (κ3) is 8.22. The molecular formula is C22H29ClN4O4S2. The SMILES string of the molecule is CN(CC(CNC(=O)/C(S)=C/C=C/Cl)OC=S)c1ccc(N2CCCN(CCO)C2=O)cc1. The number of halogens is 1. The second kappa shape index (κ2) is 14.1. The first-order valence-corrected chi connectivity index (χ1v) is 11.8. The highest BCUT2D eigenvalue weighted by Gasteiger charge is 2.26. The molecule has 0 aromatic heterocycles. The molecule has 0 radical (unpaired) electrons. The Labute approximate surface area is 210 Å². The average Bonchev–Trinajstić information content (AvgIpc) is 2.82. The summed E-state index contributed by atoms with van der Waals surface area (Å²) in [7, 11) is 1.90. The van der Waals surface area contributed by atoms with Crippen molar-refractivity contribution in [1.29, 1.82) is 0 Å². The number of nitrogens with zero attached hydrogens (tertiary/aromatic N) is 3. The van der Waals surface area contributed by atoms with E-state index in [2.05, 4.69) is 17.9 Å². The number of aliphatic hydroxyl groups excluding tert-OH is 1. The van der Waals surface area contributed by atoms with Crippen molar-refractivity contribution in [1.82, 2.24) is 10.2 Å². The smallest absolute Gasteiger partial charge is 0.324 e. The number of β-amino-alcohol motifs (C(OH)–C–C–N with tert-alkyl or cyclic N) is 1. The minimum Gasteiger partial charge on any atom is -0.483 e. The van der Waals surface area contributed by atoms with Crippen molar-refractivity contribution in [2.45, 2.75) is 12.5 Å². The lowest BCUT2D eigenvalue weighted by Crippen LogP contribution is -2.50. The van der Waals surface area contributed by atoms with Gasteiger partial charge in [-0.15, -0.1) is 12.6 Å². The number of likely N-dealkylation sites (N-methyl/N-ethyl adjacent to an activating group) is 1. The van der Waals surface area contributed by atoms with Crippen LogP contribution in [0.1, 0.15) is 6.42 Å². The maximum atomic E-state index is 12.6. The minimum absolute atomic E-state index is 0.0508. The number of aliphatic hydroxyl groups is 1. The Morgan fingerprint density at radius 2 is 2.12 bits per heavy atom. The number of carbonyl (C=O) groups excluding carboxylic acids is 2. The van der Waals surface area contributed by atoms with Crippen LogP contribution < -0.4 is 15.1 Å². The van der Waals surface area contributed by atoms with E-state index in [0.29, 0.717) is 26.2 Å². The summed E-state index contributed by atoms with van der Waals surface area (Å²) in [5, 5.41) is 11.9. The van der Waals surface area contributed by atoms with Gasteiger partial charge in [0, 0.05) is 43.6 Å². The van der Waals surface area contributed by atoms with Crippen LogP contribution in [0.4, 0.5) is 16.2 Å². The Balaban J connectivity index is 1.98. The third-order valence-electron chi connectivity index (χ3n) is 5.06. The Kier molecular flexibility index (Phi) is 11.5. The molecule has 1 unspecified atom stereocenters. The normalized spacial score (nSPS) is 15.5. The summed E-state index contributed by atoms with van der Waals surface area (Å²) in [5.41, 5.74) is 4.19. The number of hydrogen-bond acceptors (Lipinski definition) is 7. The van der Waals surface area contributed by atoms with Gasteiger partial charge in [-0.3, -0.25) is 9.69 Å². The number of amides is 3. The molecule has 8 nitrogen and oxygen atoms in total. The van der Waals surface area contributed by atoms with E-state index in [1.807, 2.05) is 36.2 Å². The van der Waals surface area contributed by atoms with Crippen LogP contribution in [0.15, 0.2) is 46.9 Å². The van der Waals surface area contributed by atoms with Crippen LogP contribution in [0, 0.1) is 0 Å². The van der Waals surface area contributed by atoms with E-state index >= 15 is 0 Å². The van der Waals surface area contributed by atoms with Gasteiger partial charge in [0.05, 0.1) is 24.6 Å². The number of allylic oxidation sites excluding steroid dienone is 2. The maximum Gasteiger partial charge on any atom is 0.324 e. The standard InChI is InChI=1S/C22H29ClN4O4S2/c1-25(15-19(31-16-32)14-24-21(29)20(33)4-2-9-23)17-5-7-18(8-6-17)27-11-3-10-26(12-13-28)22(27)30/h2,4-9,16,19,28,33H,3,10-15H2,1H3,(H,24,29)/b9-2+,20-4-. The second-order valence-electron chi connectivity index (χ2n) is 7.33. The topological polar surface area (TPSA) is 85.4 Å². The molecule has 1 aliphatic rings. The summed E-state index contributed by atoms with van der Waals surface area (Å²) in [6.07, 6.45) is 3.47. The predicted octanol–water partition coefficient (Wildman–Crippen LogP) is 2.77.